The van der Waals surface area contributed by atoms with Gasteiger partial charge in [0.15, 0.2) is 0 Å². The summed E-state index contributed by atoms with van der Waals surface area (Å²) in [5.41, 5.74) is 44.3. The van der Waals surface area contributed by atoms with Crippen molar-refractivity contribution in [2.24, 2.45) is 0 Å². The Balaban J connectivity index is 0.000000115. The quantitative estimate of drug-likeness (QED) is 0.0960. The van der Waals surface area contributed by atoms with Crippen LogP contribution < -0.4 is 0 Å². The van der Waals surface area contributed by atoms with Crippen LogP contribution in [0.3, 0.4) is 0 Å². The molecule has 0 heterocycles. The largest absolute Gasteiger partial charge is 0.0622 e. The lowest BCUT2D eigenvalue weighted by Gasteiger charge is -2.16. The molecule has 0 aromatic heterocycles. The van der Waals surface area contributed by atoms with Crippen LogP contribution in [-0.2, 0) is 0 Å². The Bertz CT molecular complexity index is 6860. The highest BCUT2D eigenvalue weighted by Crippen LogP contribution is 2.43. The molecule has 0 aliphatic carbocycles. The first-order valence-electron chi connectivity index (χ1n) is 43.2. The maximum absolute atomic E-state index is 2.34. The van der Waals surface area contributed by atoms with Crippen molar-refractivity contribution < 1.29 is 0 Å². The molecule has 0 saturated carbocycles. The van der Waals surface area contributed by atoms with E-state index in [1.165, 1.54) is 195 Å². The van der Waals surface area contributed by atoms with Gasteiger partial charge in [-0.05, 0) is 255 Å². The first kappa shape index (κ1) is 83.1. The van der Waals surface area contributed by atoms with Gasteiger partial charge in [-0.15, -0.1) is 0 Å². The first-order valence-corrected chi connectivity index (χ1v) is 43.2. The van der Waals surface area contributed by atoms with Crippen LogP contribution in [0, 0.1) is 34.6 Å². The van der Waals surface area contributed by atoms with Crippen molar-refractivity contribution in [1.82, 2.24) is 0 Å². The van der Waals surface area contributed by atoms with Gasteiger partial charge in [0, 0.05) is 0 Å². The van der Waals surface area contributed by atoms with E-state index in [1.54, 1.807) is 0 Å². The zero-order chi connectivity index (χ0) is 85.3. The Morgan fingerprint density at radius 3 is 0.736 bits per heavy atom. The van der Waals surface area contributed by atoms with Crippen molar-refractivity contribution in [2.75, 3.05) is 0 Å². The molecule has 0 atom stereocenters. The lowest BCUT2D eigenvalue weighted by Crippen LogP contribution is -1.91. The molecule has 0 aliphatic heterocycles. The summed E-state index contributed by atoms with van der Waals surface area (Å²) in [4.78, 5) is 0. The van der Waals surface area contributed by atoms with Crippen LogP contribution in [0.5, 0.6) is 0 Å². The summed E-state index contributed by atoms with van der Waals surface area (Å²) in [6, 6.07) is 183. The average Bonchev–Trinajstić information content (AvgIpc) is 0.744. The van der Waals surface area contributed by atoms with Crippen molar-refractivity contribution in [2.45, 2.75) is 34.6 Å². The van der Waals surface area contributed by atoms with E-state index < -0.39 is 0 Å². The highest BCUT2D eigenvalue weighted by Gasteiger charge is 2.17. The molecule has 0 radical (unpaired) electrons. The fourth-order valence-electron chi connectivity index (χ4n) is 16.6. The summed E-state index contributed by atoms with van der Waals surface area (Å²) in [5, 5.41) is 0. The summed E-state index contributed by atoms with van der Waals surface area (Å²) < 4.78 is 0. The van der Waals surface area contributed by atoms with Crippen LogP contribution in [0.15, 0.2) is 516 Å². The van der Waals surface area contributed by atoms with E-state index in [0.29, 0.717) is 0 Å². The molecule has 20 aromatic rings. The third-order valence-corrected chi connectivity index (χ3v) is 22.9. The van der Waals surface area contributed by atoms with E-state index in [9.17, 15) is 0 Å². The van der Waals surface area contributed by atoms with Gasteiger partial charge in [-0.1, -0.05) is 490 Å². The summed E-state index contributed by atoms with van der Waals surface area (Å²) >= 11 is 0. The minimum Gasteiger partial charge on any atom is -0.0622 e. The summed E-state index contributed by atoms with van der Waals surface area (Å²) in [6.07, 6.45) is 0. The lowest BCUT2D eigenvalue weighted by molar-refractivity contribution is 1.44. The van der Waals surface area contributed by atoms with E-state index in [2.05, 4.69) is 550 Å². The molecule has 20 aromatic carbocycles. The number of benzene rings is 20. The maximum atomic E-state index is 2.34. The molecular weight excluding hydrogens is 1500 g/mol. The van der Waals surface area contributed by atoms with Crippen LogP contribution in [0.4, 0.5) is 0 Å². The zero-order valence-electron chi connectivity index (χ0n) is 71.6. The smallest absolute Gasteiger partial charge is 0.00757 e. The monoisotopic (exact) mass is 1600 g/mol. The van der Waals surface area contributed by atoms with E-state index in [-0.39, 0.29) is 0 Å². The van der Waals surface area contributed by atoms with E-state index in [1.807, 2.05) is 0 Å². The van der Waals surface area contributed by atoms with E-state index >= 15 is 0 Å². The van der Waals surface area contributed by atoms with Gasteiger partial charge >= 0.3 is 0 Å². The van der Waals surface area contributed by atoms with Crippen molar-refractivity contribution in [3.8, 4) is 167 Å². The Labute approximate surface area is 739 Å². The molecule has 125 heavy (non-hydrogen) atoms. The molecule has 0 heteroatoms. The second-order valence-electron chi connectivity index (χ2n) is 31.7. The van der Waals surface area contributed by atoms with Crippen molar-refractivity contribution >= 4 is 0 Å². The number of rotatable bonds is 15. The summed E-state index contributed by atoms with van der Waals surface area (Å²) in [6.45, 7) is 10.8. The average molecular weight is 1600 g/mol. The van der Waals surface area contributed by atoms with E-state index in [0.717, 1.165) is 0 Å². The second kappa shape index (κ2) is 41.1. The van der Waals surface area contributed by atoms with Gasteiger partial charge in [-0.2, -0.15) is 0 Å². The van der Waals surface area contributed by atoms with Gasteiger partial charge in [-0.25, -0.2) is 0 Å². The van der Waals surface area contributed by atoms with Crippen molar-refractivity contribution in [1.29, 1.82) is 0 Å². The molecular formula is C125H100. The number of hydrogen-bond donors (Lipinski definition) is 0. The highest BCUT2D eigenvalue weighted by molar-refractivity contribution is 5.92. The molecule has 0 N–H and O–H groups in total. The molecule has 0 amide bonds. The number of aryl methyl sites for hydroxylation is 5. The normalized spacial score (nSPS) is 10.6. The van der Waals surface area contributed by atoms with Crippen LogP contribution in [0.25, 0.3) is 167 Å². The third kappa shape index (κ3) is 21.1. The van der Waals surface area contributed by atoms with Crippen molar-refractivity contribution in [3.05, 3.63) is 543 Å². The van der Waals surface area contributed by atoms with Crippen LogP contribution >= 0.6 is 0 Å². The van der Waals surface area contributed by atoms with Gasteiger partial charge < -0.3 is 0 Å². The molecule has 0 saturated heterocycles. The number of hydrogen-bond acceptors (Lipinski definition) is 0. The fourth-order valence-corrected chi connectivity index (χ4v) is 16.6. The van der Waals surface area contributed by atoms with Crippen LogP contribution in [0.2, 0.25) is 0 Å². The lowest BCUT2D eigenvalue weighted by atomic mass is 9.88. The predicted octanol–water partition coefficient (Wildman–Crippen LogP) is 35.0. The van der Waals surface area contributed by atoms with Gasteiger partial charge in [0.05, 0.1) is 0 Å². The summed E-state index contributed by atoms with van der Waals surface area (Å²) in [7, 11) is 0. The van der Waals surface area contributed by atoms with Gasteiger partial charge in [-0.3, -0.25) is 0 Å². The van der Waals surface area contributed by atoms with Gasteiger partial charge in [0.1, 0.15) is 0 Å². The third-order valence-electron chi connectivity index (χ3n) is 22.9. The molecule has 0 aliphatic rings. The minimum absolute atomic E-state index is 1.25. The fraction of sp³-hybridized carbons (Fsp3) is 0.0400. The molecule has 20 rings (SSSR count). The van der Waals surface area contributed by atoms with Gasteiger partial charge in [0.2, 0.25) is 0 Å². The van der Waals surface area contributed by atoms with Crippen LogP contribution in [0.1, 0.15) is 27.8 Å². The van der Waals surface area contributed by atoms with Gasteiger partial charge in [0.25, 0.3) is 0 Å². The SMILES string of the molecule is Cc1cc(-c2ccccc2)c(-c2ccccc2)cc1-c1ccccc1.Cc1cc(-c2ccccc2)cc(-c2ccccc2)c1-c1ccccc1.Cc1ccc(-c2ccccc2-c2cccc(-c3ccccc3)c2)cc1.Cc1cccc(-c2ccccc2-c2cccc(-c3ccccc3)c2)c1.Cc1ccccc1-c1cccc(-c2cccc(-c3ccccc3)c2)c1. The highest BCUT2D eigenvalue weighted by atomic mass is 14.2. The Kier molecular flexibility index (Phi) is 27.3. The molecule has 0 spiro atoms. The Morgan fingerprint density at radius 1 is 0.0960 bits per heavy atom. The second-order valence-corrected chi connectivity index (χ2v) is 31.7. The zero-order valence-corrected chi connectivity index (χ0v) is 71.6. The Morgan fingerprint density at radius 2 is 0.352 bits per heavy atom. The predicted molar refractivity (Wildman–Crippen MR) is 537 cm³/mol. The maximum Gasteiger partial charge on any atom is -0.00757 e. The molecule has 0 fully saturated rings. The minimum atomic E-state index is 1.25. The molecule has 0 unspecified atom stereocenters. The summed E-state index contributed by atoms with van der Waals surface area (Å²) in [5.74, 6) is 0. The molecule has 0 nitrogen and oxygen atoms in total. The first-order chi connectivity index (χ1) is 61.6. The van der Waals surface area contributed by atoms with Crippen molar-refractivity contribution in [3.63, 3.8) is 0 Å². The molecule has 600 valence electrons. The van der Waals surface area contributed by atoms with E-state index in [4.69, 9.17) is 0 Å². The van der Waals surface area contributed by atoms with Crippen LogP contribution in [-0.4, -0.2) is 0 Å². The molecule has 0 bridgehead atoms. The Hall–Kier alpha value is -15.6. The topological polar surface area (TPSA) is 0 Å². The standard InChI is InChI=1S/5C25H20/c1-19-17-24(21-13-7-3-8-14-21)25(22-15-9-4-10-16-22)18-23(19)20-11-5-2-6-12-20;1-19-17-23(20-11-5-2-6-12-20)18-24(21-13-7-3-8-14-21)25(19)22-15-9-4-10-16-22;1-19-9-7-13-22(17-19)24-15-5-6-16-25(24)23-14-8-12-21(18-23)20-10-3-2-4-11-20;1-19-9-5-6-16-25(19)24-15-8-14-23(18-24)22-13-7-12-21(17-22)20-10-3-2-4-11-20;1-19-14-16-21(17-15-19)24-12-5-6-13-25(24)23-11-7-10-22(18-23)20-8-3-2-4-9-20/h5*2-18H,1H3.